The molecule has 0 saturated carbocycles. The first-order valence-electron chi connectivity index (χ1n) is 9.11. The van der Waals surface area contributed by atoms with Crippen LogP contribution in [-0.2, 0) is 17.4 Å². The molecule has 0 atom stereocenters. The fraction of sp³-hybridized carbons (Fsp3) is 0.238. The van der Waals surface area contributed by atoms with Crippen LogP contribution in [0.4, 0.5) is 18.9 Å². The number of rotatable bonds is 7. The Balaban J connectivity index is 1.59. The number of alkyl halides is 3. The van der Waals surface area contributed by atoms with Gasteiger partial charge in [-0.25, -0.2) is 4.98 Å². The Morgan fingerprint density at radius 1 is 1.20 bits per heavy atom. The number of carbonyl (C=O) groups excluding carboxylic acids is 1. The largest absolute Gasteiger partial charge is 0.494 e. The third-order valence-electron chi connectivity index (χ3n) is 4.14. The maximum Gasteiger partial charge on any atom is 0.416 e. The number of carbonyl (C=O) groups is 1. The number of hydrogen-bond donors (Lipinski definition) is 1. The van der Waals surface area contributed by atoms with E-state index in [-0.39, 0.29) is 23.6 Å². The predicted molar refractivity (Wildman–Crippen MR) is 107 cm³/mol. The Bertz CT molecular complexity index is 1020. The fourth-order valence-corrected chi connectivity index (χ4v) is 2.84. The molecule has 158 valence electrons. The normalized spacial score (nSPS) is 11.4. The molecule has 0 aliphatic heterocycles. The van der Waals surface area contributed by atoms with Gasteiger partial charge in [0.05, 0.1) is 29.1 Å². The number of amides is 1. The first-order valence-corrected chi connectivity index (χ1v) is 9.48. The number of benzene rings is 2. The maximum atomic E-state index is 12.8. The standard InChI is InChI=1S/C21H18ClF3N2O3/c1-2-29-15-6-3-13(4-7-15)18-12-26-20(30-18)10-9-19(28)27-17-11-14(21(23,24)25)5-8-16(17)22/h3-8,11-12H,2,9-10H2,1H3,(H,27,28). The molecule has 0 fully saturated rings. The molecule has 1 heterocycles. The summed E-state index contributed by atoms with van der Waals surface area (Å²) >= 11 is 5.89. The average Bonchev–Trinajstić information content (AvgIpc) is 3.17. The highest BCUT2D eigenvalue weighted by molar-refractivity contribution is 6.33. The number of halogens is 4. The lowest BCUT2D eigenvalue weighted by atomic mass is 10.2. The summed E-state index contributed by atoms with van der Waals surface area (Å²) in [5.41, 5.74) is -0.189. The molecule has 0 aliphatic rings. The number of oxazole rings is 1. The van der Waals surface area contributed by atoms with Gasteiger partial charge in [-0.05, 0) is 49.4 Å². The van der Waals surface area contributed by atoms with Gasteiger partial charge in [-0.1, -0.05) is 11.6 Å². The van der Waals surface area contributed by atoms with Crippen molar-refractivity contribution < 1.29 is 27.1 Å². The molecule has 2 aromatic carbocycles. The van der Waals surface area contributed by atoms with Gasteiger partial charge >= 0.3 is 6.18 Å². The summed E-state index contributed by atoms with van der Waals surface area (Å²) in [5.74, 6) is 1.11. The Morgan fingerprint density at radius 3 is 2.60 bits per heavy atom. The monoisotopic (exact) mass is 438 g/mol. The summed E-state index contributed by atoms with van der Waals surface area (Å²) in [4.78, 5) is 16.3. The second-order valence-electron chi connectivity index (χ2n) is 6.32. The van der Waals surface area contributed by atoms with Gasteiger partial charge < -0.3 is 14.5 Å². The number of ether oxygens (including phenoxy) is 1. The first kappa shape index (κ1) is 21.7. The first-order chi connectivity index (χ1) is 14.3. The van der Waals surface area contributed by atoms with Crippen LogP contribution in [0.3, 0.4) is 0 Å². The van der Waals surface area contributed by atoms with E-state index in [2.05, 4.69) is 10.3 Å². The van der Waals surface area contributed by atoms with Crippen molar-refractivity contribution in [3.8, 4) is 17.1 Å². The van der Waals surface area contributed by atoms with Crippen LogP contribution in [0.1, 0.15) is 24.8 Å². The molecule has 0 bridgehead atoms. The molecule has 9 heteroatoms. The number of aryl methyl sites for hydroxylation is 1. The third-order valence-corrected chi connectivity index (χ3v) is 4.47. The molecular formula is C21H18ClF3N2O3. The van der Waals surface area contributed by atoms with Crippen LogP contribution in [0.2, 0.25) is 5.02 Å². The second kappa shape index (κ2) is 9.21. The van der Waals surface area contributed by atoms with Crippen molar-refractivity contribution in [2.24, 2.45) is 0 Å². The molecule has 0 unspecified atom stereocenters. The van der Waals surface area contributed by atoms with E-state index < -0.39 is 17.6 Å². The topological polar surface area (TPSA) is 64.4 Å². The molecule has 1 aromatic heterocycles. The lowest BCUT2D eigenvalue weighted by Gasteiger charge is -2.11. The Hall–Kier alpha value is -3.00. The minimum atomic E-state index is -4.53. The fourth-order valence-electron chi connectivity index (χ4n) is 2.67. The molecule has 30 heavy (non-hydrogen) atoms. The third kappa shape index (κ3) is 5.54. The Kier molecular flexibility index (Phi) is 6.66. The van der Waals surface area contributed by atoms with E-state index in [1.165, 1.54) is 0 Å². The molecule has 1 N–H and O–H groups in total. The van der Waals surface area contributed by atoms with Gasteiger partial charge in [0.2, 0.25) is 5.91 Å². The molecule has 3 rings (SSSR count). The van der Waals surface area contributed by atoms with Crippen molar-refractivity contribution in [2.45, 2.75) is 25.9 Å². The molecule has 0 spiro atoms. The van der Waals surface area contributed by atoms with Crippen molar-refractivity contribution in [3.05, 3.63) is 65.1 Å². The van der Waals surface area contributed by atoms with Crippen molar-refractivity contribution in [2.75, 3.05) is 11.9 Å². The SMILES string of the molecule is CCOc1ccc(-c2cnc(CCC(=O)Nc3cc(C(F)(F)F)ccc3Cl)o2)cc1. The van der Waals surface area contributed by atoms with Gasteiger partial charge in [-0.15, -0.1) is 0 Å². The molecule has 5 nitrogen and oxygen atoms in total. The number of nitrogens with zero attached hydrogens (tertiary/aromatic N) is 1. The summed E-state index contributed by atoms with van der Waals surface area (Å²) in [6, 6.07) is 10.0. The van der Waals surface area contributed by atoms with Crippen LogP contribution in [0.15, 0.2) is 53.1 Å². The van der Waals surface area contributed by atoms with Crippen LogP contribution < -0.4 is 10.1 Å². The summed E-state index contributed by atoms with van der Waals surface area (Å²) in [6.45, 7) is 2.47. The smallest absolute Gasteiger partial charge is 0.416 e. The predicted octanol–water partition coefficient (Wildman–Crippen LogP) is 5.98. The highest BCUT2D eigenvalue weighted by atomic mass is 35.5. The van der Waals surface area contributed by atoms with Gasteiger partial charge in [-0.2, -0.15) is 13.2 Å². The highest BCUT2D eigenvalue weighted by Gasteiger charge is 2.31. The van der Waals surface area contributed by atoms with Crippen molar-refractivity contribution in [1.82, 2.24) is 4.98 Å². The number of nitrogens with one attached hydrogen (secondary N) is 1. The summed E-state index contributed by atoms with van der Waals surface area (Å²) < 4.78 is 49.5. The number of anilines is 1. The van der Waals surface area contributed by atoms with Gasteiger partial charge in [0.1, 0.15) is 5.75 Å². The van der Waals surface area contributed by atoms with Crippen LogP contribution in [-0.4, -0.2) is 17.5 Å². The number of aromatic nitrogens is 1. The summed E-state index contributed by atoms with van der Waals surface area (Å²) in [7, 11) is 0. The van der Waals surface area contributed by atoms with Gasteiger partial charge in [0.25, 0.3) is 0 Å². The van der Waals surface area contributed by atoms with Crippen molar-refractivity contribution in [3.63, 3.8) is 0 Å². The lowest BCUT2D eigenvalue weighted by Crippen LogP contribution is -2.14. The Morgan fingerprint density at radius 2 is 1.93 bits per heavy atom. The summed E-state index contributed by atoms with van der Waals surface area (Å²) in [5, 5.41) is 2.41. The highest BCUT2D eigenvalue weighted by Crippen LogP contribution is 2.34. The van der Waals surface area contributed by atoms with E-state index in [9.17, 15) is 18.0 Å². The zero-order chi connectivity index (χ0) is 21.7. The van der Waals surface area contributed by atoms with Gasteiger partial charge in [0, 0.05) is 18.4 Å². The molecule has 0 radical (unpaired) electrons. The average molecular weight is 439 g/mol. The van der Waals surface area contributed by atoms with Crippen LogP contribution >= 0.6 is 11.6 Å². The van der Waals surface area contributed by atoms with Crippen molar-refractivity contribution >= 4 is 23.2 Å². The lowest BCUT2D eigenvalue weighted by molar-refractivity contribution is -0.137. The maximum absolute atomic E-state index is 12.8. The molecule has 0 aliphatic carbocycles. The second-order valence-corrected chi connectivity index (χ2v) is 6.72. The molecule has 0 saturated heterocycles. The van der Waals surface area contributed by atoms with Crippen LogP contribution in [0.5, 0.6) is 5.75 Å². The zero-order valence-corrected chi connectivity index (χ0v) is 16.7. The van der Waals surface area contributed by atoms with E-state index in [0.29, 0.717) is 18.3 Å². The summed E-state index contributed by atoms with van der Waals surface area (Å²) in [6.07, 6.45) is -2.83. The van der Waals surface area contributed by atoms with E-state index in [0.717, 1.165) is 29.5 Å². The molecule has 3 aromatic rings. The van der Waals surface area contributed by atoms with Gasteiger partial charge in [0.15, 0.2) is 11.7 Å². The van der Waals surface area contributed by atoms with Gasteiger partial charge in [-0.3, -0.25) is 4.79 Å². The van der Waals surface area contributed by atoms with Crippen LogP contribution in [0, 0.1) is 0 Å². The van der Waals surface area contributed by atoms with Crippen LogP contribution in [0.25, 0.3) is 11.3 Å². The van der Waals surface area contributed by atoms with Crippen molar-refractivity contribution in [1.29, 1.82) is 0 Å². The molecule has 1 amide bonds. The quantitative estimate of drug-likeness (QED) is 0.492. The number of hydrogen-bond acceptors (Lipinski definition) is 4. The van der Waals surface area contributed by atoms with E-state index in [1.54, 1.807) is 6.20 Å². The van der Waals surface area contributed by atoms with E-state index in [4.69, 9.17) is 20.8 Å². The minimum Gasteiger partial charge on any atom is -0.494 e. The zero-order valence-electron chi connectivity index (χ0n) is 15.9. The van der Waals surface area contributed by atoms with E-state index in [1.807, 2.05) is 31.2 Å². The minimum absolute atomic E-state index is 0.0188. The van der Waals surface area contributed by atoms with E-state index >= 15 is 0 Å². The molecular weight excluding hydrogens is 421 g/mol. The Labute approximate surface area is 175 Å².